The van der Waals surface area contributed by atoms with Crippen molar-refractivity contribution in [3.63, 3.8) is 0 Å². The second kappa shape index (κ2) is 5.02. The fourth-order valence-corrected chi connectivity index (χ4v) is 0.616. The largest absolute Gasteiger partial charge is 0.460 e. The number of halogens is 8. The van der Waals surface area contributed by atoms with Crippen LogP contribution in [0.2, 0.25) is 0 Å². The van der Waals surface area contributed by atoms with Crippen LogP contribution in [0.25, 0.3) is 0 Å². The van der Waals surface area contributed by atoms with Crippen LogP contribution >= 0.6 is 0 Å². The molecule has 0 aliphatic rings. The maximum Gasteiger partial charge on any atom is 0.460 e. The van der Waals surface area contributed by atoms with Crippen molar-refractivity contribution in [3.05, 3.63) is 12.2 Å². The van der Waals surface area contributed by atoms with Crippen molar-refractivity contribution in [1.29, 1.82) is 5.26 Å². The van der Waals surface area contributed by atoms with Crippen LogP contribution in [0.4, 0.5) is 35.1 Å². The molecular weight excluding hydrogens is 294 g/mol. The second-order valence-electron chi connectivity index (χ2n) is 3.01. The lowest BCUT2D eigenvalue weighted by Gasteiger charge is -2.29. The highest BCUT2D eigenvalue weighted by Crippen LogP contribution is 2.49. The minimum absolute atomic E-state index is 0.900. The van der Waals surface area contributed by atoms with Gasteiger partial charge in [-0.15, -0.1) is 0 Å². The number of nitrogens with zero attached hydrogens (tertiary/aromatic N) is 1. The minimum Gasteiger partial charge on any atom is -0.420 e. The molecule has 0 aliphatic heterocycles. The highest BCUT2D eigenvalue weighted by Gasteiger charge is 2.77. The minimum atomic E-state index is -6.77. The molecule has 0 aromatic heterocycles. The molecule has 108 valence electrons. The Labute approximate surface area is 99.6 Å². The molecule has 0 spiro atoms. The number of nitriles is 1. The van der Waals surface area contributed by atoms with E-state index >= 15 is 0 Å². The van der Waals surface area contributed by atoms with Gasteiger partial charge in [0, 0.05) is 0 Å². The number of carbonyl (C=O) groups excluding carboxylic acids is 1. The van der Waals surface area contributed by atoms with Crippen molar-refractivity contribution in [2.24, 2.45) is 0 Å². The lowest BCUT2D eigenvalue weighted by atomic mass is 10.1. The zero-order valence-electron chi connectivity index (χ0n) is 8.57. The number of rotatable bonds is 4. The van der Waals surface area contributed by atoms with Gasteiger partial charge in [0.1, 0.15) is 11.6 Å². The van der Waals surface area contributed by atoms with Gasteiger partial charge < -0.3 is 4.74 Å². The molecule has 1 atom stereocenters. The Balaban J connectivity index is 5.19. The summed E-state index contributed by atoms with van der Waals surface area (Å²) >= 11 is 0. The van der Waals surface area contributed by atoms with E-state index in [0.717, 1.165) is 6.07 Å². The molecule has 0 aromatic carbocycles. The predicted octanol–water partition coefficient (Wildman–Crippen LogP) is 2.74. The maximum atomic E-state index is 12.6. The van der Waals surface area contributed by atoms with Crippen LogP contribution in [0.5, 0.6) is 0 Å². The number of esters is 1. The Hall–Kier alpha value is -1.86. The van der Waals surface area contributed by atoms with Crippen molar-refractivity contribution >= 4 is 5.97 Å². The summed E-state index contributed by atoms with van der Waals surface area (Å²) in [7, 11) is 0. The first kappa shape index (κ1) is 17.1. The standard InChI is InChI=1S/C8H3F8NO2/c1-3(2-17)4(18)19-5(9)6(10,11)7(12,13)8(14,15)16/h5H,1H2. The lowest BCUT2D eigenvalue weighted by molar-refractivity contribution is -0.382. The van der Waals surface area contributed by atoms with Gasteiger partial charge in [-0.05, 0) is 0 Å². The van der Waals surface area contributed by atoms with E-state index in [0.29, 0.717) is 0 Å². The normalized spacial score (nSPS) is 14.5. The second-order valence-corrected chi connectivity index (χ2v) is 3.01. The lowest BCUT2D eigenvalue weighted by Crippen LogP contribution is -2.57. The van der Waals surface area contributed by atoms with E-state index in [-0.39, 0.29) is 0 Å². The first-order valence-corrected chi connectivity index (χ1v) is 4.05. The van der Waals surface area contributed by atoms with E-state index < -0.39 is 35.9 Å². The number of ether oxygens (including phenoxy) is 1. The number of hydrogen-bond acceptors (Lipinski definition) is 3. The molecular formula is C8H3F8NO2. The summed E-state index contributed by atoms with van der Waals surface area (Å²) in [5.41, 5.74) is -1.26. The summed E-state index contributed by atoms with van der Waals surface area (Å²) in [6.07, 6.45) is -11.4. The fraction of sp³-hybridized carbons (Fsp3) is 0.500. The van der Waals surface area contributed by atoms with Gasteiger partial charge in [-0.25, -0.2) is 4.79 Å². The third-order valence-electron chi connectivity index (χ3n) is 1.65. The Kier molecular flexibility index (Phi) is 4.53. The van der Waals surface area contributed by atoms with E-state index in [9.17, 15) is 39.9 Å². The molecule has 0 heterocycles. The molecule has 0 N–H and O–H groups in total. The molecule has 0 amide bonds. The van der Waals surface area contributed by atoms with Gasteiger partial charge in [0.25, 0.3) is 0 Å². The molecule has 0 fully saturated rings. The fourth-order valence-electron chi connectivity index (χ4n) is 0.616. The molecule has 0 saturated heterocycles. The first-order valence-electron chi connectivity index (χ1n) is 4.05. The topological polar surface area (TPSA) is 50.1 Å². The molecule has 1 unspecified atom stereocenters. The average molecular weight is 297 g/mol. The average Bonchev–Trinajstić information content (AvgIpc) is 2.25. The zero-order valence-corrected chi connectivity index (χ0v) is 8.57. The Morgan fingerprint density at radius 2 is 1.58 bits per heavy atom. The van der Waals surface area contributed by atoms with Crippen molar-refractivity contribution in [1.82, 2.24) is 0 Å². The van der Waals surface area contributed by atoms with Crippen molar-refractivity contribution < 1.29 is 44.7 Å². The molecule has 0 rings (SSSR count). The van der Waals surface area contributed by atoms with E-state index in [1.54, 1.807) is 0 Å². The molecule has 0 aliphatic carbocycles. The van der Waals surface area contributed by atoms with Crippen molar-refractivity contribution in [2.45, 2.75) is 24.4 Å². The van der Waals surface area contributed by atoms with Crippen LogP contribution in [-0.2, 0) is 9.53 Å². The van der Waals surface area contributed by atoms with E-state index in [4.69, 9.17) is 5.26 Å². The highest BCUT2D eigenvalue weighted by molar-refractivity contribution is 5.92. The smallest absolute Gasteiger partial charge is 0.420 e. The summed E-state index contributed by atoms with van der Waals surface area (Å²) in [4.78, 5) is 10.6. The van der Waals surface area contributed by atoms with Crippen molar-refractivity contribution in [3.8, 4) is 6.07 Å². The van der Waals surface area contributed by atoms with Crippen LogP contribution in [0.1, 0.15) is 0 Å². The van der Waals surface area contributed by atoms with Gasteiger partial charge >= 0.3 is 30.3 Å². The first-order chi connectivity index (χ1) is 8.29. The number of carbonyl (C=O) groups is 1. The summed E-state index contributed by atoms with van der Waals surface area (Å²) < 4.78 is 100. The summed E-state index contributed by atoms with van der Waals surface area (Å²) in [6.45, 7) is 2.56. The number of alkyl halides is 8. The van der Waals surface area contributed by atoms with Gasteiger partial charge in [0.05, 0.1) is 0 Å². The third kappa shape index (κ3) is 3.12. The molecule has 0 aromatic rings. The van der Waals surface area contributed by atoms with Crippen LogP contribution in [0.15, 0.2) is 12.2 Å². The van der Waals surface area contributed by atoms with Gasteiger partial charge in [-0.2, -0.15) is 40.4 Å². The van der Waals surface area contributed by atoms with Crippen LogP contribution < -0.4 is 0 Å². The van der Waals surface area contributed by atoms with Gasteiger partial charge in [-0.1, -0.05) is 6.58 Å². The molecule has 3 nitrogen and oxygen atoms in total. The van der Waals surface area contributed by atoms with E-state index in [1.165, 1.54) is 0 Å². The predicted molar refractivity (Wildman–Crippen MR) is 41.7 cm³/mol. The van der Waals surface area contributed by atoms with Crippen molar-refractivity contribution in [2.75, 3.05) is 0 Å². The molecule has 0 radical (unpaired) electrons. The maximum absolute atomic E-state index is 12.6. The molecule has 0 bridgehead atoms. The van der Waals surface area contributed by atoms with Gasteiger partial charge in [0.2, 0.25) is 0 Å². The van der Waals surface area contributed by atoms with Gasteiger partial charge in [-0.3, -0.25) is 0 Å². The highest BCUT2D eigenvalue weighted by atomic mass is 19.4. The zero-order chi connectivity index (χ0) is 15.6. The summed E-state index contributed by atoms with van der Waals surface area (Å²) in [5, 5.41) is 8.02. The SMILES string of the molecule is C=C(C#N)C(=O)OC(F)C(F)(F)C(F)(F)C(F)(F)F. The van der Waals surface area contributed by atoms with Crippen LogP contribution in [-0.4, -0.2) is 30.3 Å². The quantitative estimate of drug-likeness (QED) is 0.347. The van der Waals surface area contributed by atoms with Crippen LogP contribution in [0.3, 0.4) is 0 Å². The van der Waals surface area contributed by atoms with Gasteiger partial charge in [0.15, 0.2) is 0 Å². The molecule has 0 saturated carbocycles. The Morgan fingerprint density at radius 1 is 1.16 bits per heavy atom. The number of hydrogen-bond donors (Lipinski definition) is 0. The third-order valence-corrected chi connectivity index (χ3v) is 1.65. The van der Waals surface area contributed by atoms with E-state index in [2.05, 4.69) is 11.3 Å². The summed E-state index contributed by atoms with van der Waals surface area (Å²) in [5.74, 6) is -15.3. The summed E-state index contributed by atoms with van der Waals surface area (Å²) in [6, 6.07) is 0.900. The van der Waals surface area contributed by atoms with Crippen LogP contribution in [0, 0.1) is 11.3 Å². The molecule has 19 heavy (non-hydrogen) atoms. The Bertz CT molecular complexity index is 421. The monoisotopic (exact) mass is 297 g/mol. The van der Waals surface area contributed by atoms with E-state index in [1.807, 2.05) is 0 Å². The molecule has 11 heteroatoms. The Morgan fingerprint density at radius 3 is 1.89 bits per heavy atom.